The Hall–Kier alpha value is -0.610. The summed E-state index contributed by atoms with van der Waals surface area (Å²) < 4.78 is 0. The number of carbonyl (C=O) groups is 1. The number of hydrogen-bond donors (Lipinski definition) is 2. The molecular weight excluding hydrogens is 192 g/mol. The van der Waals surface area contributed by atoms with Gasteiger partial charge in [0.25, 0.3) is 0 Å². The molecular formula is C11H22N2O2. The Bertz CT molecular complexity index is 205. The fourth-order valence-electron chi connectivity index (χ4n) is 2.14. The van der Waals surface area contributed by atoms with Crippen molar-refractivity contribution in [2.75, 3.05) is 26.7 Å². The Labute approximate surface area is 91.6 Å². The molecule has 0 amide bonds. The lowest BCUT2D eigenvalue weighted by Gasteiger charge is -2.40. The maximum atomic E-state index is 10.9. The molecule has 0 radical (unpaired) electrons. The first-order valence-corrected chi connectivity index (χ1v) is 5.73. The Morgan fingerprint density at radius 1 is 1.47 bits per heavy atom. The topological polar surface area (TPSA) is 52.6 Å². The van der Waals surface area contributed by atoms with E-state index in [1.165, 1.54) is 0 Å². The second kappa shape index (κ2) is 5.47. The third-order valence-corrected chi connectivity index (χ3v) is 3.18. The summed E-state index contributed by atoms with van der Waals surface area (Å²) in [5.41, 5.74) is -0.158. The molecule has 0 aromatic carbocycles. The molecule has 88 valence electrons. The van der Waals surface area contributed by atoms with E-state index in [0.717, 1.165) is 38.9 Å². The molecule has 15 heavy (non-hydrogen) atoms. The largest absolute Gasteiger partial charge is 0.481 e. The van der Waals surface area contributed by atoms with Gasteiger partial charge in [-0.3, -0.25) is 4.79 Å². The summed E-state index contributed by atoms with van der Waals surface area (Å²) in [5.74, 6) is -0.692. The van der Waals surface area contributed by atoms with Gasteiger partial charge in [0.15, 0.2) is 0 Å². The molecule has 0 bridgehead atoms. The van der Waals surface area contributed by atoms with Gasteiger partial charge in [0.1, 0.15) is 0 Å². The Balaban J connectivity index is 2.55. The van der Waals surface area contributed by atoms with E-state index < -0.39 is 5.97 Å². The van der Waals surface area contributed by atoms with Gasteiger partial charge in [0, 0.05) is 5.54 Å². The monoisotopic (exact) mass is 214 g/mol. The third-order valence-electron chi connectivity index (χ3n) is 3.18. The van der Waals surface area contributed by atoms with E-state index in [1.807, 2.05) is 0 Å². The highest BCUT2D eigenvalue weighted by Gasteiger charge is 2.34. The average Bonchev–Trinajstić information content (AvgIpc) is 2.19. The smallest absolute Gasteiger partial charge is 0.305 e. The molecule has 0 aromatic heterocycles. The molecule has 1 rings (SSSR count). The van der Waals surface area contributed by atoms with Crippen molar-refractivity contribution in [3.8, 4) is 0 Å². The standard InChI is InChI=1S/C11H22N2O2/c1-3-6-12-11(9-10(14)15)4-7-13(2)8-5-11/h12H,3-9H2,1-2H3,(H,14,15). The summed E-state index contributed by atoms with van der Waals surface area (Å²) >= 11 is 0. The minimum absolute atomic E-state index is 0.158. The van der Waals surface area contributed by atoms with Gasteiger partial charge in [0.05, 0.1) is 6.42 Å². The van der Waals surface area contributed by atoms with Crippen LogP contribution in [-0.2, 0) is 4.79 Å². The second-order valence-corrected chi connectivity index (χ2v) is 4.58. The van der Waals surface area contributed by atoms with Crippen molar-refractivity contribution in [3.05, 3.63) is 0 Å². The van der Waals surface area contributed by atoms with Crippen LogP contribution in [0.4, 0.5) is 0 Å². The number of rotatable bonds is 5. The van der Waals surface area contributed by atoms with Crippen LogP contribution in [0.2, 0.25) is 0 Å². The van der Waals surface area contributed by atoms with Crippen molar-refractivity contribution in [2.45, 2.75) is 38.1 Å². The summed E-state index contributed by atoms with van der Waals surface area (Å²) in [6.07, 6.45) is 3.18. The number of carboxylic acid groups (broad SMARTS) is 1. The van der Waals surface area contributed by atoms with Gasteiger partial charge >= 0.3 is 5.97 Å². The van der Waals surface area contributed by atoms with Crippen LogP contribution in [0.5, 0.6) is 0 Å². The van der Waals surface area contributed by atoms with Crippen LogP contribution in [0.15, 0.2) is 0 Å². The molecule has 0 aliphatic carbocycles. The number of piperidine rings is 1. The summed E-state index contributed by atoms with van der Waals surface area (Å²) in [4.78, 5) is 13.1. The molecule has 0 saturated carbocycles. The highest BCUT2D eigenvalue weighted by atomic mass is 16.4. The highest BCUT2D eigenvalue weighted by Crippen LogP contribution is 2.25. The van der Waals surface area contributed by atoms with Crippen LogP contribution in [0.3, 0.4) is 0 Å². The maximum Gasteiger partial charge on any atom is 0.305 e. The van der Waals surface area contributed by atoms with E-state index >= 15 is 0 Å². The van der Waals surface area contributed by atoms with Gasteiger partial charge in [-0.1, -0.05) is 6.92 Å². The number of aliphatic carboxylic acids is 1. The van der Waals surface area contributed by atoms with Gasteiger partial charge in [0.2, 0.25) is 0 Å². The molecule has 0 aromatic rings. The minimum atomic E-state index is -0.692. The summed E-state index contributed by atoms with van der Waals surface area (Å²) in [6.45, 7) is 5.00. The molecule has 0 atom stereocenters. The SMILES string of the molecule is CCCNC1(CC(=O)O)CCN(C)CC1. The number of nitrogens with one attached hydrogen (secondary N) is 1. The molecule has 4 heteroatoms. The van der Waals surface area contributed by atoms with Gasteiger partial charge in [-0.05, 0) is 45.9 Å². The summed E-state index contributed by atoms with van der Waals surface area (Å²) in [6, 6.07) is 0. The quantitative estimate of drug-likeness (QED) is 0.714. The summed E-state index contributed by atoms with van der Waals surface area (Å²) in [7, 11) is 2.09. The predicted molar refractivity (Wildman–Crippen MR) is 60.0 cm³/mol. The van der Waals surface area contributed by atoms with Crippen molar-refractivity contribution < 1.29 is 9.90 Å². The third kappa shape index (κ3) is 3.80. The van der Waals surface area contributed by atoms with Crippen LogP contribution in [0.25, 0.3) is 0 Å². The molecule has 0 spiro atoms. The summed E-state index contributed by atoms with van der Waals surface area (Å²) in [5, 5.41) is 12.4. The van der Waals surface area contributed by atoms with E-state index in [4.69, 9.17) is 5.11 Å². The first-order chi connectivity index (χ1) is 7.08. The van der Waals surface area contributed by atoms with Crippen molar-refractivity contribution in [1.82, 2.24) is 10.2 Å². The predicted octanol–water partition coefficient (Wildman–Crippen LogP) is 0.925. The normalized spacial score (nSPS) is 21.5. The molecule has 4 nitrogen and oxygen atoms in total. The van der Waals surface area contributed by atoms with Crippen LogP contribution in [0, 0.1) is 0 Å². The van der Waals surface area contributed by atoms with Gasteiger partial charge in [-0.25, -0.2) is 0 Å². The minimum Gasteiger partial charge on any atom is -0.481 e. The van der Waals surface area contributed by atoms with Crippen LogP contribution >= 0.6 is 0 Å². The van der Waals surface area contributed by atoms with E-state index in [-0.39, 0.29) is 12.0 Å². The Morgan fingerprint density at radius 3 is 2.53 bits per heavy atom. The lowest BCUT2D eigenvalue weighted by atomic mass is 9.84. The zero-order chi connectivity index (χ0) is 11.3. The highest BCUT2D eigenvalue weighted by molar-refractivity contribution is 5.68. The zero-order valence-electron chi connectivity index (χ0n) is 9.75. The van der Waals surface area contributed by atoms with Crippen LogP contribution in [-0.4, -0.2) is 48.2 Å². The van der Waals surface area contributed by atoms with Crippen molar-refractivity contribution in [3.63, 3.8) is 0 Å². The molecule has 1 heterocycles. The Kier molecular flexibility index (Phi) is 4.54. The lowest BCUT2D eigenvalue weighted by Crippen LogP contribution is -2.54. The van der Waals surface area contributed by atoms with Gasteiger partial charge in [-0.15, -0.1) is 0 Å². The fourth-order valence-corrected chi connectivity index (χ4v) is 2.14. The van der Waals surface area contributed by atoms with E-state index in [2.05, 4.69) is 24.2 Å². The maximum absolute atomic E-state index is 10.9. The van der Waals surface area contributed by atoms with Crippen molar-refractivity contribution in [2.24, 2.45) is 0 Å². The number of nitrogens with zero attached hydrogens (tertiary/aromatic N) is 1. The molecule has 1 fully saturated rings. The second-order valence-electron chi connectivity index (χ2n) is 4.58. The number of carboxylic acids is 1. The van der Waals surface area contributed by atoms with E-state index in [9.17, 15) is 4.79 Å². The van der Waals surface area contributed by atoms with Crippen LogP contribution in [0.1, 0.15) is 32.6 Å². The van der Waals surface area contributed by atoms with E-state index in [0.29, 0.717) is 0 Å². The fraction of sp³-hybridized carbons (Fsp3) is 0.909. The molecule has 2 N–H and O–H groups in total. The molecule has 1 aliphatic heterocycles. The van der Waals surface area contributed by atoms with Gasteiger partial charge in [-0.2, -0.15) is 0 Å². The molecule has 1 aliphatic rings. The van der Waals surface area contributed by atoms with Gasteiger partial charge < -0.3 is 15.3 Å². The number of hydrogen-bond acceptors (Lipinski definition) is 3. The average molecular weight is 214 g/mol. The van der Waals surface area contributed by atoms with Crippen molar-refractivity contribution >= 4 is 5.97 Å². The number of likely N-dealkylation sites (tertiary alicyclic amines) is 1. The van der Waals surface area contributed by atoms with Crippen LogP contribution < -0.4 is 5.32 Å². The van der Waals surface area contributed by atoms with Crippen molar-refractivity contribution in [1.29, 1.82) is 0 Å². The van der Waals surface area contributed by atoms with E-state index in [1.54, 1.807) is 0 Å². The molecule has 1 saturated heterocycles. The first-order valence-electron chi connectivity index (χ1n) is 5.73. The molecule has 0 unspecified atom stereocenters. The first kappa shape index (κ1) is 12.5. The zero-order valence-corrected chi connectivity index (χ0v) is 9.75. The Morgan fingerprint density at radius 2 is 2.07 bits per heavy atom. The lowest BCUT2D eigenvalue weighted by molar-refractivity contribution is -0.139.